The topological polar surface area (TPSA) is 87.1 Å². The van der Waals surface area contributed by atoms with Crippen molar-refractivity contribution in [1.82, 2.24) is 15.1 Å². The van der Waals surface area contributed by atoms with Crippen LogP contribution in [0.15, 0.2) is 22.9 Å². The van der Waals surface area contributed by atoms with Crippen molar-refractivity contribution in [2.75, 3.05) is 7.11 Å². The highest BCUT2D eigenvalue weighted by Crippen LogP contribution is 2.23. The summed E-state index contributed by atoms with van der Waals surface area (Å²) in [6.07, 6.45) is 1.70. The average Bonchev–Trinajstić information content (AvgIpc) is 2.89. The van der Waals surface area contributed by atoms with Crippen molar-refractivity contribution in [3.63, 3.8) is 0 Å². The molecule has 0 amide bonds. The lowest BCUT2D eigenvalue weighted by Crippen LogP contribution is -2.21. The van der Waals surface area contributed by atoms with Crippen LogP contribution in [0, 0.1) is 0 Å². The normalized spacial score (nSPS) is 11.8. The number of nitrogens with two attached hydrogens (primary N) is 1. The van der Waals surface area contributed by atoms with E-state index in [0.717, 1.165) is 5.56 Å². The first-order valence-corrected chi connectivity index (χ1v) is 5.61. The Bertz CT molecular complexity index is 519. The quantitative estimate of drug-likeness (QED) is 0.881. The molecule has 0 bridgehead atoms. The Hall–Kier alpha value is -1.79. The number of hydrogen-bond acceptors (Lipinski definition) is 6. The Labute approximate surface area is 105 Å². The molecular weight excluding hydrogens is 232 g/mol. The molecule has 0 unspecified atom stereocenters. The van der Waals surface area contributed by atoms with Gasteiger partial charge in [0.25, 0.3) is 5.89 Å². The van der Waals surface area contributed by atoms with Gasteiger partial charge in [0.05, 0.1) is 0 Å². The van der Waals surface area contributed by atoms with Crippen molar-refractivity contribution >= 4 is 0 Å². The zero-order chi connectivity index (χ0) is 13.2. The second-order valence-corrected chi connectivity index (χ2v) is 4.39. The summed E-state index contributed by atoms with van der Waals surface area (Å²) in [6.45, 7) is 4.19. The third-order valence-corrected chi connectivity index (χ3v) is 2.75. The van der Waals surface area contributed by atoms with E-state index in [2.05, 4.69) is 15.1 Å². The predicted octanol–water partition coefficient (Wildman–Crippen LogP) is 1.47. The number of ether oxygens (including phenoxy) is 1. The van der Waals surface area contributed by atoms with Gasteiger partial charge in [-0.3, -0.25) is 4.98 Å². The van der Waals surface area contributed by atoms with Crippen molar-refractivity contribution in [1.29, 1.82) is 0 Å². The Kier molecular flexibility index (Phi) is 3.40. The molecule has 0 aliphatic rings. The van der Waals surface area contributed by atoms with Crippen LogP contribution in [0.3, 0.4) is 0 Å². The van der Waals surface area contributed by atoms with Crippen LogP contribution in [-0.4, -0.2) is 22.2 Å². The van der Waals surface area contributed by atoms with E-state index in [1.54, 1.807) is 19.4 Å². The standard InChI is InChI=1S/C12H16N4O2/c1-12(2,17-3)11-15-10(18-16-11)9-5-4-8(6-13)7-14-9/h4-5,7H,6,13H2,1-3H3. The van der Waals surface area contributed by atoms with Gasteiger partial charge < -0.3 is 15.0 Å². The number of hydrogen-bond donors (Lipinski definition) is 1. The Morgan fingerprint density at radius 2 is 2.17 bits per heavy atom. The third kappa shape index (κ3) is 2.39. The van der Waals surface area contributed by atoms with Crippen LogP contribution in [0.5, 0.6) is 0 Å². The van der Waals surface area contributed by atoms with Crippen LogP contribution in [0.1, 0.15) is 25.2 Å². The van der Waals surface area contributed by atoms with E-state index in [-0.39, 0.29) is 0 Å². The van der Waals surface area contributed by atoms with E-state index >= 15 is 0 Å². The van der Waals surface area contributed by atoms with Gasteiger partial charge in [0, 0.05) is 19.9 Å². The van der Waals surface area contributed by atoms with Crippen LogP contribution < -0.4 is 5.73 Å². The molecule has 0 aromatic carbocycles. The zero-order valence-electron chi connectivity index (χ0n) is 10.7. The minimum atomic E-state index is -0.584. The second kappa shape index (κ2) is 4.83. The molecule has 0 saturated carbocycles. The van der Waals surface area contributed by atoms with E-state index in [1.165, 1.54) is 0 Å². The van der Waals surface area contributed by atoms with E-state index in [0.29, 0.717) is 24.0 Å². The Morgan fingerprint density at radius 3 is 2.72 bits per heavy atom. The molecule has 18 heavy (non-hydrogen) atoms. The minimum absolute atomic E-state index is 0.374. The molecule has 0 spiro atoms. The van der Waals surface area contributed by atoms with Crippen molar-refractivity contribution in [2.24, 2.45) is 5.73 Å². The number of nitrogens with zero attached hydrogens (tertiary/aromatic N) is 3. The van der Waals surface area contributed by atoms with Crippen LogP contribution in [0.4, 0.5) is 0 Å². The summed E-state index contributed by atoms with van der Waals surface area (Å²) in [5.41, 5.74) is 6.50. The highest BCUT2D eigenvalue weighted by molar-refractivity contribution is 5.46. The maximum Gasteiger partial charge on any atom is 0.276 e. The first-order valence-electron chi connectivity index (χ1n) is 5.61. The van der Waals surface area contributed by atoms with E-state index in [1.807, 2.05) is 19.9 Å². The Morgan fingerprint density at radius 1 is 1.39 bits per heavy atom. The monoisotopic (exact) mass is 248 g/mol. The molecule has 2 aromatic rings. The SMILES string of the molecule is COC(C)(C)c1noc(-c2ccc(CN)cn2)n1. The third-order valence-electron chi connectivity index (χ3n) is 2.75. The first kappa shape index (κ1) is 12.7. The van der Waals surface area contributed by atoms with E-state index in [9.17, 15) is 0 Å². The van der Waals surface area contributed by atoms with Crippen molar-refractivity contribution < 1.29 is 9.26 Å². The van der Waals surface area contributed by atoms with Crippen molar-refractivity contribution in [3.8, 4) is 11.6 Å². The molecule has 96 valence electrons. The molecule has 0 fully saturated rings. The Balaban J connectivity index is 2.29. The van der Waals surface area contributed by atoms with Gasteiger partial charge in [0.15, 0.2) is 0 Å². The first-order chi connectivity index (χ1) is 8.56. The summed E-state index contributed by atoms with van der Waals surface area (Å²) < 4.78 is 10.5. The van der Waals surface area contributed by atoms with Gasteiger partial charge in [-0.05, 0) is 25.5 Å². The molecule has 2 rings (SSSR count). The number of rotatable bonds is 4. The molecule has 2 heterocycles. The van der Waals surface area contributed by atoms with Gasteiger partial charge >= 0.3 is 0 Å². The van der Waals surface area contributed by atoms with Gasteiger partial charge in [-0.15, -0.1) is 0 Å². The van der Waals surface area contributed by atoms with Crippen LogP contribution in [-0.2, 0) is 16.9 Å². The summed E-state index contributed by atoms with van der Waals surface area (Å²) >= 11 is 0. The lowest BCUT2D eigenvalue weighted by Gasteiger charge is -2.17. The molecular formula is C12H16N4O2. The van der Waals surface area contributed by atoms with Crippen molar-refractivity contribution in [3.05, 3.63) is 29.7 Å². The van der Waals surface area contributed by atoms with Crippen LogP contribution in [0.2, 0.25) is 0 Å². The lowest BCUT2D eigenvalue weighted by atomic mass is 10.1. The lowest BCUT2D eigenvalue weighted by molar-refractivity contribution is 0.00973. The van der Waals surface area contributed by atoms with Gasteiger partial charge in [0.2, 0.25) is 5.82 Å². The smallest absolute Gasteiger partial charge is 0.276 e. The van der Waals surface area contributed by atoms with Crippen LogP contribution >= 0.6 is 0 Å². The predicted molar refractivity (Wildman–Crippen MR) is 65.5 cm³/mol. The summed E-state index contributed by atoms with van der Waals surface area (Å²) in [6, 6.07) is 3.69. The highest BCUT2D eigenvalue weighted by atomic mass is 16.5. The maximum atomic E-state index is 5.51. The summed E-state index contributed by atoms with van der Waals surface area (Å²) in [5, 5.41) is 3.90. The summed E-state index contributed by atoms with van der Waals surface area (Å²) in [4.78, 5) is 8.51. The molecule has 0 saturated heterocycles. The van der Waals surface area contributed by atoms with Gasteiger partial charge in [-0.2, -0.15) is 4.98 Å². The fourth-order valence-electron chi connectivity index (χ4n) is 1.34. The molecule has 0 radical (unpaired) electrons. The van der Waals surface area contributed by atoms with Gasteiger partial charge in [0.1, 0.15) is 11.3 Å². The minimum Gasteiger partial charge on any atom is -0.371 e. The number of pyridine rings is 1. The highest BCUT2D eigenvalue weighted by Gasteiger charge is 2.26. The number of methoxy groups -OCH3 is 1. The summed E-state index contributed by atoms with van der Waals surface area (Å²) in [5.74, 6) is 0.864. The molecule has 6 heteroatoms. The fraction of sp³-hybridized carbons (Fsp3) is 0.417. The van der Waals surface area contributed by atoms with Gasteiger partial charge in [-0.25, -0.2) is 0 Å². The van der Waals surface area contributed by atoms with Crippen molar-refractivity contribution in [2.45, 2.75) is 26.0 Å². The molecule has 0 aliphatic carbocycles. The van der Waals surface area contributed by atoms with Gasteiger partial charge in [-0.1, -0.05) is 11.2 Å². The molecule has 2 aromatic heterocycles. The van der Waals surface area contributed by atoms with E-state index in [4.69, 9.17) is 15.0 Å². The molecule has 6 nitrogen and oxygen atoms in total. The number of aromatic nitrogens is 3. The van der Waals surface area contributed by atoms with E-state index < -0.39 is 5.60 Å². The largest absolute Gasteiger partial charge is 0.371 e. The fourth-order valence-corrected chi connectivity index (χ4v) is 1.34. The zero-order valence-corrected chi connectivity index (χ0v) is 10.7. The maximum absolute atomic E-state index is 5.51. The molecule has 0 aliphatic heterocycles. The molecule has 0 atom stereocenters. The van der Waals surface area contributed by atoms with Crippen LogP contribution in [0.25, 0.3) is 11.6 Å². The average molecular weight is 248 g/mol. The summed E-state index contributed by atoms with van der Waals surface area (Å²) in [7, 11) is 1.60. The molecule has 2 N–H and O–H groups in total. The second-order valence-electron chi connectivity index (χ2n) is 4.39.